The minimum absolute atomic E-state index is 0.0401. The van der Waals surface area contributed by atoms with Crippen molar-refractivity contribution < 1.29 is 19.4 Å². The van der Waals surface area contributed by atoms with E-state index in [4.69, 9.17) is 4.74 Å². The van der Waals surface area contributed by atoms with Gasteiger partial charge in [0.05, 0.1) is 14.7 Å². The number of amides is 1. The van der Waals surface area contributed by atoms with E-state index >= 15 is 0 Å². The molecule has 6 heteroatoms. The predicted molar refractivity (Wildman–Crippen MR) is 145 cm³/mol. The number of hydrogen-bond acceptors (Lipinski definition) is 4. The molecule has 2 aromatic carbocycles. The number of phenols is 1. The first-order chi connectivity index (χ1) is 16.0. The number of esters is 1. The molecular weight excluding hydrogens is 442 g/mol. The molecule has 0 saturated heterocycles. The summed E-state index contributed by atoms with van der Waals surface area (Å²) in [5.41, 5.74) is 3.83. The molecule has 0 unspecified atom stereocenters. The van der Waals surface area contributed by atoms with Crippen molar-refractivity contribution in [2.45, 2.75) is 46.5 Å². The number of carbonyl (C=O) groups excluding carboxylic acids is 2. The fourth-order valence-corrected chi connectivity index (χ4v) is 3.73. The fourth-order valence-electron chi connectivity index (χ4n) is 2.76. The van der Waals surface area contributed by atoms with Crippen LogP contribution in [-0.4, -0.2) is 31.7 Å². The van der Waals surface area contributed by atoms with Crippen LogP contribution in [-0.2, 0) is 14.3 Å². The first-order valence-electron chi connectivity index (χ1n) is 11.3. The number of rotatable bonds is 8. The van der Waals surface area contributed by atoms with E-state index in [9.17, 15) is 14.7 Å². The molecule has 182 valence electrons. The average molecular weight is 480 g/mol. The first kappa shape index (κ1) is 28.6. The molecule has 34 heavy (non-hydrogen) atoms. The molecule has 2 N–H and O–H groups in total. The number of ether oxygens (including phenoxy) is 1. The Morgan fingerprint density at radius 3 is 2.18 bits per heavy atom. The van der Waals surface area contributed by atoms with E-state index < -0.39 is 8.07 Å². The highest BCUT2D eigenvalue weighted by Crippen LogP contribution is 2.15. The number of benzene rings is 2. The van der Waals surface area contributed by atoms with Gasteiger partial charge in [0.25, 0.3) is 0 Å². The second kappa shape index (κ2) is 14.7. The summed E-state index contributed by atoms with van der Waals surface area (Å²) in [5.74, 6) is -0.0727. The van der Waals surface area contributed by atoms with Crippen molar-refractivity contribution in [3.63, 3.8) is 0 Å². The van der Waals surface area contributed by atoms with Crippen molar-refractivity contribution in [2.24, 2.45) is 0 Å². The van der Waals surface area contributed by atoms with Crippen LogP contribution in [0.1, 0.15) is 26.3 Å². The van der Waals surface area contributed by atoms with Gasteiger partial charge in [0.15, 0.2) is 0 Å². The molecule has 0 saturated carbocycles. The lowest BCUT2D eigenvalue weighted by atomic mass is 10.1. The van der Waals surface area contributed by atoms with Crippen LogP contribution in [0, 0.1) is 0 Å². The van der Waals surface area contributed by atoms with E-state index in [-0.39, 0.29) is 17.6 Å². The minimum atomic E-state index is -1.23. The maximum Gasteiger partial charge on any atom is 0.303 e. The molecule has 0 aliphatic rings. The average Bonchev–Trinajstić information content (AvgIpc) is 2.75. The van der Waals surface area contributed by atoms with Crippen molar-refractivity contribution >= 4 is 31.2 Å². The van der Waals surface area contributed by atoms with E-state index in [0.29, 0.717) is 18.3 Å². The standard InChI is InChI=1S/C21H21NO2.C7H16O2Si/c1-16(7-6-8-17(2)18-9-4-3-5-10-18)15-21(24)22-19-11-13-20(23)14-12-19;1-5-9-7(8)6-10(2,3)4/h3-15,23H,1-2H3,(H,22,24);5-6H2,1-4H3. The van der Waals surface area contributed by atoms with Crippen LogP contribution in [0.5, 0.6) is 5.75 Å². The molecule has 0 aliphatic heterocycles. The number of allylic oxidation sites excluding steroid dienone is 5. The maximum absolute atomic E-state index is 11.9. The molecule has 0 aromatic heterocycles. The molecule has 0 aliphatic carbocycles. The van der Waals surface area contributed by atoms with Crippen molar-refractivity contribution in [3.05, 3.63) is 90.0 Å². The summed E-state index contributed by atoms with van der Waals surface area (Å²) in [7, 11) is -1.23. The Morgan fingerprint density at radius 2 is 1.62 bits per heavy atom. The zero-order valence-corrected chi connectivity index (χ0v) is 22.1. The van der Waals surface area contributed by atoms with Gasteiger partial charge >= 0.3 is 5.97 Å². The van der Waals surface area contributed by atoms with Gasteiger partial charge in [-0.15, -0.1) is 0 Å². The van der Waals surface area contributed by atoms with Gasteiger partial charge < -0.3 is 15.2 Å². The molecule has 0 radical (unpaired) electrons. The Balaban J connectivity index is 0.000000489. The number of hydrogen-bond donors (Lipinski definition) is 2. The Hall–Kier alpha value is -3.38. The third-order valence-electron chi connectivity index (χ3n) is 4.41. The highest BCUT2D eigenvalue weighted by molar-refractivity contribution is 6.78. The van der Waals surface area contributed by atoms with Gasteiger partial charge in [-0.2, -0.15) is 0 Å². The second-order valence-corrected chi connectivity index (χ2v) is 14.5. The van der Waals surface area contributed by atoms with Crippen molar-refractivity contribution in [2.75, 3.05) is 11.9 Å². The van der Waals surface area contributed by atoms with Gasteiger partial charge in [0.2, 0.25) is 5.91 Å². The van der Waals surface area contributed by atoms with Crippen LogP contribution in [0.3, 0.4) is 0 Å². The first-order valence-corrected chi connectivity index (χ1v) is 15.0. The summed E-state index contributed by atoms with van der Waals surface area (Å²) in [5, 5.41) is 12.0. The molecule has 0 spiro atoms. The van der Waals surface area contributed by atoms with Gasteiger partial charge in [0.1, 0.15) is 5.75 Å². The lowest BCUT2D eigenvalue weighted by Gasteiger charge is -2.13. The smallest absolute Gasteiger partial charge is 0.303 e. The van der Waals surface area contributed by atoms with Crippen molar-refractivity contribution in [1.29, 1.82) is 0 Å². The zero-order chi connectivity index (χ0) is 25.6. The topological polar surface area (TPSA) is 75.6 Å². The third-order valence-corrected chi connectivity index (χ3v) is 5.76. The van der Waals surface area contributed by atoms with Crippen LogP contribution < -0.4 is 5.32 Å². The Kier molecular flexibility index (Phi) is 12.4. The highest BCUT2D eigenvalue weighted by atomic mass is 28.3. The zero-order valence-electron chi connectivity index (χ0n) is 21.1. The number of carbonyl (C=O) groups is 2. The van der Waals surface area contributed by atoms with Gasteiger partial charge in [-0.25, -0.2) is 0 Å². The molecule has 2 rings (SSSR count). The summed E-state index contributed by atoms with van der Waals surface area (Å²) in [6.07, 6.45) is 7.38. The molecular formula is C28H37NO4Si. The van der Waals surface area contributed by atoms with E-state index in [1.54, 1.807) is 12.1 Å². The van der Waals surface area contributed by atoms with Crippen molar-refractivity contribution in [1.82, 2.24) is 0 Å². The lowest BCUT2D eigenvalue weighted by Crippen LogP contribution is -2.25. The fraction of sp³-hybridized carbons (Fsp3) is 0.286. The Labute approximate surface area is 204 Å². The number of anilines is 1. The van der Waals surface area contributed by atoms with E-state index in [2.05, 4.69) is 44.0 Å². The largest absolute Gasteiger partial charge is 0.508 e. The second-order valence-electron chi connectivity index (χ2n) is 9.04. The van der Waals surface area contributed by atoms with E-state index in [1.165, 1.54) is 23.8 Å². The maximum atomic E-state index is 11.9. The Morgan fingerprint density at radius 1 is 1.00 bits per heavy atom. The quantitative estimate of drug-likeness (QED) is 0.143. The predicted octanol–water partition coefficient (Wildman–Crippen LogP) is 6.82. The summed E-state index contributed by atoms with van der Waals surface area (Å²) in [6, 6.07) is 17.1. The third kappa shape index (κ3) is 13.2. The van der Waals surface area contributed by atoms with Crippen molar-refractivity contribution in [3.8, 4) is 5.75 Å². The summed E-state index contributed by atoms with van der Waals surface area (Å²) < 4.78 is 4.81. The molecule has 2 aromatic rings. The summed E-state index contributed by atoms with van der Waals surface area (Å²) in [4.78, 5) is 22.8. The van der Waals surface area contributed by atoms with Gasteiger partial charge in [-0.3, -0.25) is 9.59 Å². The molecule has 0 bridgehead atoms. The molecule has 5 nitrogen and oxygen atoms in total. The van der Waals surface area contributed by atoms with Gasteiger partial charge in [-0.05, 0) is 61.7 Å². The van der Waals surface area contributed by atoms with Crippen LogP contribution in [0.15, 0.2) is 84.5 Å². The Bertz CT molecular complexity index is 1000. The molecule has 0 heterocycles. The molecule has 0 fully saturated rings. The number of phenolic OH excluding ortho intramolecular Hbond substituents is 1. The normalized spacial score (nSPS) is 12.1. The number of aromatic hydroxyl groups is 1. The number of nitrogens with one attached hydrogen (secondary N) is 1. The summed E-state index contributed by atoms with van der Waals surface area (Å²) >= 11 is 0. The van der Waals surface area contributed by atoms with Crippen LogP contribution >= 0.6 is 0 Å². The summed E-state index contributed by atoms with van der Waals surface area (Å²) in [6.45, 7) is 12.7. The van der Waals surface area contributed by atoms with Crippen LogP contribution in [0.4, 0.5) is 5.69 Å². The van der Waals surface area contributed by atoms with Gasteiger partial charge in [-0.1, -0.05) is 68.2 Å². The monoisotopic (exact) mass is 479 g/mol. The highest BCUT2D eigenvalue weighted by Gasteiger charge is 2.18. The van der Waals surface area contributed by atoms with Crippen LogP contribution in [0.2, 0.25) is 25.7 Å². The van der Waals surface area contributed by atoms with Crippen LogP contribution in [0.25, 0.3) is 5.57 Å². The molecule has 0 atom stereocenters. The minimum Gasteiger partial charge on any atom is -0.508 e. The molecule has 1 amide bonds. The van der Waals surface area contributed by atoms with Gasteiger partial charge in [0, 0.05) is 17.8 Å². The lowest BCUT2D eigenvalue weighted by molar-refractivity contribution is -0.140. The SMILES string of the molecule is CC(C=CC=C(C)c1ccccc1)=CC(=O)Nc1ccc(O)cc1.CCOC(=O)C[Si](C)(C)C. The van der Waals surface area contributed by atoms with E-state index in [0.717, 1.165) is 11.1 Å². The van der Waals surface area contributed by atoms with E-state index in [1.807, 2.05) is 50.3 Å².